The minimum Gasteiger partial charge on any atom is -0.375 e. The van der Waals surface area contributed by atoms with Crippen molar-refractivity contribution < 1.29 is 0 Å². The molecule has 1 heterocycles. The number of aromatic nitrogens is 1. The van der Waals surface area contributed by atoms with Gasteiger partial charge in [0.1, 0.15) is 0 Å². The minimum absolute atomic E-state index is 1.23. The molecule has 0 aliphatic heterocycles. The highest BCUT2D eigenvalue weighted by molar-refractivity contribution is 6.75. The van der Waals surface area contributed by atoms with E-state index in [1.54, 1.807) is 0 Å². The molecule has 0 spiro atoms. The van der Waals surface area contributed by atoms with Crippen molar-refractivity contribution in [1.29, 1.82) is 0 Å². The van der Waals surface area contributed by atoms with Crippen molar-refractivity contribution in [2.24, 2.45) is 0 Å². The molecule has 0 amide bonds. The monoisotopic (exact) mass is 189 g/mol. The summed E-state index contributed by atoms with van der Waals surface area (Å²) in [7, 11) is -1.23. The molecule has 13 heavy (non-hydrogen) atoms. The molecule has 0 fully saturated rings. The van der Waals surface area contributed by atoms with E-state index in [0.717, 1.165) is 0 Å². The fraction of sp³-hybridized carbons (Fsp3) is 0.273. The first-order valence-electron chi connectivity index (χ1n) is 4.65. The number of fused-ring (bicyclic) bond motifs is 1. The summed E-state index contributed by atoms with van der Waals surface area (Å²) < 4.78 is 2.45. The molecule has 0 aliphatic rings. The molecule has 0 atom stereocenters. The number of hydrogen-bond acceptors (Lipinski definition) is 0. The van der Waals surface area contributed by atoms with Crippen LogP contribution in [0.1, 0.15) is 0 Å². The molecule has 0 saturated heterocycles. The summed E-state index contributed by atoms with van der Waals surface area (Å²) >= 11 is 0. The van der Waals surface area contributed by atoms with E-state index in [4.69, 9.17) is 0 Å². The van der Waals surface area contributed by atoms with Crippen LogP contribution in [-0.4, -0.2) is 12.5 Å². The zero-order valence-electron chi connectivity index (χ0n) is 8.41. The van der Waals surface area contributed by atoms with Crippen molar-refractivity contribution in [3.8, 4) is 0 Å². The third-order valence-electron chi connectivity index (χ3n) is 2.32. The largest absolute Gasteiger partial charge is 0.375 e. The Morgan fingerprint density at radius 2 is 1.69 bits per heavy atom. The average molecular weight is 189 g/mol. The Bertz CT molecular complexity index is 423. The van der Waals surface area contributed by atoms with Gasteiger partial charge in [-0.15, -0.1) is 0 Å². The smallest absolute Gasteiger partial charge is 0.152 e. The van der Waals surface area contributed by atoms with Crippen LogP contribution in [0.2, 0.25) is 19.6 Å². The lowest BCUT2D eigenvalue weighted by molar-refractivity contribution is 1.20. The summed E-state index contributed by atoms with van der Waals surface area (Å²) in [6.45, 7) is 7.08. The van der Waals surface area contributed by atoms with Gasteiger partial charge in [-0.05, 0) is 23.7 Å². The highest BCUT2D eigenvalue weighted by Gasteiger charge is 2.17. The van der Waals surface area contributed by atoms with Crippen molar-refractivity contribution in [3.63, 3.8) is 0 Å². The first-order chi connectivity index (χ1) is 6.09. The Morgan fingerprint density at radius 3 is 2.38 bits per heavy atom. The second kappa shape index (κ2) is 2.74. The molecule has 2 heteroatoms. The van der Waals surface area contributed by atoms with Crippen LogP contribution in [0.25, 0.3) is 10.9 Å². The van der Waals surface area contributed by atoms with Gasteiger partial charge in [0.15, 0.2) is 8.24 Å². The summed E-state index contributed by atoms with van der Waals surface area (Å²) in [5.74, 6) is 0. The lowest BCUT2D eigenvalue weighted by Crippen LogP contribution is -2.30. The zero-order chi connectivity index (χ0) is 9.47. The molecule has 1 aromatic heterocycles. The Hall–Kier alpha value is -1.02. The maximum Gasteiger partial charge on any atom is 0.152 e. The molecule has 1 nitrogen and oxygen atoms in total. The topological polar surface area (TPSA) is 4.93 Å². The highest BCUT2D eigenvalue weighted by Crippen LogP contribution is 2.19. The fourth-order valence-electron chi connectivity index (χ4n) is 1.67. The normalized spacial score (nSPS) is 12.2. The number of para-hydroxylation sites is 1. The first kappa shape index (κ1) is 8.57. The Labute approximate surface area is 80.1 Å². The molecule has 0 radical (unpaired) electrons. The van der Waals surface area contributed by atoms with Gasteiger partial charge in [0.05, 0.1) is 0 Å². The number of hydrogen-bond donors (Lipinski definition) is 0. The van der Waals surface area contributed by atoms with Gasteiger partial charge in [-0.2, -0.15) is 0 Å². The van der Waals surface area contributed by atoms with E-state index in [2.05, 4.69) is 60.4 Å². The second-order valence-electron chi connectivity index (χ2n) is 4.42. The maximum absolute atomic E-state index is 2.45. The Kier molecular flexibility index (Phi) is 1.80. The van der Waals surface area contributed by atoms with Gasteiger partial charge in [-0.1, -0.05) is 37.8 Å². The third kappa shape index (κ3) is 1.42. The molecule has 2 rings (SSSR count). The van der Waals surface area contributed by atoms with Crippen molar-refractivity contribution in [2.45, 2.75) is 19.6 Å². The summed E-state index contributed by atoms with van der Waals surface area (Å²) in [4.78, 5) is 0. The molecule has 68 valence electrons. The standard InChI is InChI=1S/C11H15NSi/c1-13(2,3)12-9-8-10-6-4-5-7-11(10)12/h4-9H,1-3H3. The predicted octanol–water partition coefficient (Wildman–Crippen LogP) is 3.32. The molecular formula is C11H15NSi. The number of benzene rings is 1. The molecule has 0 unspecified atom stereocenters. The van der Waals surface area contributed by atoms with Crippen molar-refractivity contribution in [2.75, 3.05) is 0 Å². The lowest BCUT2D eigenvalue weighted by Gasteiger charge is -2.19. The fourth-order valence-corrected chi connectivity index (χ4v) is 3.12. The molecule has 2 aromatic rings. The summed E-state index contributed by atoms with van der Waals surface area (Å²) in [6, 6.07) is 10.8. The Balaban J connectivity index is 2.72. The summed E-state index contributed by atoms with van der Waals surface area (Å²) in [6.07, 6.45) is 2.22. The van der Waals surface area contributed by atoms with Crippen LogP contribution in [0.3, 0.4) is 0 Å². The van der Waals surface area contributed by atoms with Crippen molar-refractivity contribution in [1.82, 2.24) is 4.23 Å². The van der Waals surface area contributed by atoms with Gasteiger partial charge in [-0.25, -0.2) is 0 Å². The number of nitrogens with zero attached hydrogens (tertiary/aromatic N) is 1. The molecular weight excluding hydrogens is 174 g/mol. The van der Waals surface area contributed by atoms with Gasteiger partial charge in [0.2, 0.25) is 0 Å². The average Bonchev–Trinajstić information content (AvgIpc) is 2.45. The van der Waals surface area contributed by atoms with E-state index in [1.165, 1.54) is 10.9 Å². The van der Waals surface area contributed by atoms with E-state index in [9.17, 15) is 0 Å². The maximum atomic E-state index is 2.45. The first-order valence-corrected chi connectivity index (χ1v) is 8.10. The quantitative estimate of drug-likeness (QED) is 0.606. The molecule has 0 saturated carbocycles. The van der Waals surface area contributed by atoms with Crippen LogP contribution in [-0.2, 0) is 0 Å². The van der Waals surface area contributed by atoms with Crippen LogP contribution in [0.15, 0.2) is 36.5 Å². The van der Waals surface area contributed by atoms with Crippen molar-refractivity contribution in [3.05, 3.63) is 36.5 Å². The SMILES string of the molecule is C[Si](C)(C)n1ccc2ccccc21. The van der Waals surface area contributed by atoms with E-state index in [1.807, 2.05) is 0 Å². The van der Waals surface area contributed by atoms with E-state index in [-0.39, 0.29) is 0 Å². The van der Waals surface area contributed by atoms with E-state index < -0.39 is 8.24 Å². The molecule has 0 bridgehead atoms. The molecule has 1 aromatic carbocycles. The van der Waals surface area contributed by atoms with Crippen molar-refractivity contribution >= 4 is 19.1 Å². The summed E-state index contributed by atoms with van der Waals surface area (Å²) in [5, 5.41) is 1.35. The summed E-state index contributed by atoms with van der Waals surface area (Å²) in [5.41, 5.74) is 1.38. The van der Waals surface area contributed by atoms with Gasteiger partial charge in [0, 0.05) is 5.52 Å². The van der Waals surface area contributed by atoms with Gasteiger partial charge >= 0.3 is 0 Å². The van der Waals surface area contributed by atoms with E-state index >= 15 is 0 Å². The highest BCUT2D eigenvalue weighted by atomic mass is 28.3. The molecule has 0 N–H and O–H groups in total. The Morgan fingerprint density at radius 1 is 1.00 bits per heavy atom. The van der Waals surface area contributed by atoms with Crippen LogP contribution in [0, 0.1) is 0 Å². The minimum atomic E-state index is -1.23. The van der Waals surface area contributed by atoms with Crippen LogP contribution >= 0.6 is 0 Å². The van der Waals surface area contributed by atoms with Crippen LogP contribution in [0.4, 0.5) is 0 Å². The lowest BCUT2D eigenvalue weighted by atomic mass is 10.3. The molecule has 0 aliphatic carbocycles. The predicted molar refractivity (Wildman–Crippen MR) is 60.7 cm³/mol. The number of rotatable bonds is 1. The second-order valence-corrected chi connectivity index (χ2v) is 9.24. The zero-order valence-corrected chi connectivity index (χ0v) is 9.41. The third-order valence-corrected chi connectivity index (χ3v) is 4.16. The van der Waals surface area contributed by atoms with Crippen LogP contribution < -0.4 is 0 Å². The van der Waals surface area contributed by atoms with Crippen LogP contribution in [0.5, 0.6) is 0 Å². The van der Waals surface area contributed by atoms with Gasteiger partial charge in [-0.3, -0.25) is 0 Å². The van der Waals surface area contributed by atoms with Gasteiger partial charge < -0.3 is 4.23 Å². The van der Waals surface area contributed by atoms with Gasteiger partial charge in [0.25, 0.3) is 0 Å². The van der Waals surface area contributed by atoms with E-state index in [0.29, 0.717) is 0 Å².